The molecule has 3 aromatic rings. The van der Waals surface area contributed by atoms with Crippen LogP contribution in [0.15, 0.2) is 41.8 Å². The molecule has 176 valence electrons. The van der Waals surface area contributed by atoms with Crippen molar-refractivity contribution in [3.05, 3.63) is 59.0 Å². The summed E-state index contributed by atoms with van der Waals surface area (Å²) < 4.78 is 73.2. The number of benzene rings is 2. The number of carbonyl (C=O) groups excluding carboxylic acids is 1. The van der Waals surface area contributed by atoms with Crippen LogP contribution in [-0.2, 0) is 11.0 Å². The van der Waals surface area contributed by atoms with Crippen LogP contribution in [0, 0.1) is 11.6 Å². The lowest BCUT2D eigenvalue weighted by Crippen LogP contribution is -2.23. The van der Waals surface area contributed by atoms with Gasteiger partial charge in [-0.25, -0.2) is 13.8 Å². The van der Waals surface area contributed by atoms with Gasteiger partial charge in [0.2, 0.25) is 5.91 Å². The standard InChI is InChI=1S/C23H21F5N2O2S/c1-3-4-5-10-32-21-9-7-16(12-17(21)23(26,27)28)30(14(2)31)22-29-20(13-33-22)15-6-8-18(24)19(25)11-15/h6-9,11-13H,3-5,10H2,1-2H3. The van der Waals surface area contributed by atoms with E-state index in [9.17, 15) is 26.7 Å². The Morgan fingerprint density at radius 2 is 1.85 bits per heavy atom. The first kappa shape index (κ1) is 24.6. The van der Waals surface area contributed by atoms with E-state index in [1.165, 1.54) is 30.5 Å². The van der Waals surface area contributed by atoms with Crippen molar-refractivity contribution in [2.45, 2.75) is 39.3 Å². The van der Waals surface area contributed by atoms with E-state index in [0.717, 1.165) is 47.3 Å². The summed E-state index contributed by atoms with van der Waals surface area (Å²) in [6.07, 6.45) is -2.33. The van der Waals surface area contributed by atoms with Crippen LogP contribution in [-0.4, -0.2) is 17.5 Å². The second-order valence-electron chi connectivity index (χ2n) is 7.23. The number of amides is 1. The van der Waals surface area contributed by atoms with Gasteiger partial charge in [-0.05, 0) is 42.8 Å². The Balaban J connectivity index is 1.96. The van der Waals surface area contributed by atoms with Crippen molar-refractivity contribution in [3.63, 3.8) is 0 Å². The molecule has 33 heavy (non-hydrogen) atoms. The zero-order chi connectivity index (χ0) is 24.2. The van der Waals surface area contributed by atoms with Gasteiger partial charge < -0.3 is 4.74 Å². The molecule has 0 fully saturated rings. The van der Waals surface area contributed by atoms with Crippen LogP contribution >= 0.6 is 11.3 Å². The molecule has 2 aromatic carbocycles. The van der Waals surface area contributed by atoms with E-state index in [0.29, 0.717) is 6.42 Å². The second kappa shape index (κ2) is 10.3. The summed E-state index contributed by atoms with van der Waals surface area (Å²) in [6.45, 7) is 3.32. The van der Waals surface area contributed by atoms with Crippen molar-refractivity contribution < 1.29 is 31.5 Å². The van der Waals surface area contributed by atoms with E-state index in [4.69, 9.17) is 4.74 Å². The van der Waals surface area contributed by atoms with E-state index in [1.54, 1.807) is 0 Å². The molecule has 10 heteroatoms. The van der Waals surface area contributed by atoms with Gasteiger partial charge in [0.15, 0.2) is 16.8 Å². The number of carbonyl (C=O) groups is 1. The number of anilines is 2. The number of thiazole rings is 1. The van der Waals surface area contributed by atoms with Crippen LogP contribution in [0.1, 0.15) is 38.7 Å². The molecule has 0 aliphatic carbocycles. The third-order valence-corrected chi connectivity index (χ3v) is 5.57. The lowest BCUT2D eigenvalue weighted by Gasteiger charge is -2.21. The van der Waals surface area contributed by atoms with Gasteiger partial charge in [0.25, 0.3) is 0 Å². The highest BCUT2D eigenvalue weighted by molar-refractivity contribution is 7.14. The average molecular weight is 484 g/mol. The van der Waals surface area contributed by atoms with Gasteiger partial charge in [-0.1, -0.05) is 19.8 Å². The maximum absolute atomic E-state index is 13.7. The van der Waals surface area contributed by atoms with Gasteiger partial charge in [0.1, 0.15) is 5.75 Å². The van der Waals surface area contributed by atoms with Crippen molar-refractivity contribution in [1.29, 1.82) is 0 Å². The number of rotatable bonds is 8. The zero-order valence-electron chi connectivity index (χ0n) is 17.9. The topological polar surface area (TPSA) is 42.4 Å². The molecule has 0 radical (unpaired) electrons. The largest absolute Gasteiger partial charge is 0.493 e. The van der Waals surface area contributed by atoms with Gasteiger partial charge in [0.05, 0.1) is 23.6 Å². The number of aromatic nitrogens is 1. The highest BCUT2D eigenvalue weighted by Crippen LogP contribution is 2.41. The zero-order valence-corrected chi connectivity index (χ0v) is 18.7. The summed E-state index contributed by atoms with van der Waals surface area (Å²) in [5, 5.41) is 1.60. The fourth-order valence-corrected chi connectivity index (χ4v) is 4.02. The highest BCUT2D eigenvalue weighted by atomic mass is 32.1. The molecule has 0 aliphatic heterocycles. The molecule has 1 heterocycles. The molecule has 1 aromatic heterocycles. The van der Waals surface area contributed by atoms with Crippen molar-refractivity contribution in [2.24, 2.45) is 0 Å². The fraction of sp³-hybridized carbons (Fsp3) is 0.304. The van der Waals surface area contributed by atoms with Gasteiger partial charge in [-0.15, -0.1) is 11.3 Å². The minimum Gasteiger partial charge on any atom is -0.493 e. The molecule has 0 unspecified atom stereocenters. The molecule has 0 saturated heterocycles. The Kier molecular flexibility index (Phi) is 7.68. The first-order valence-corrected chi connectivity index (χ1v) is 11.1. The first-order chi connectivity index (χ1) is 15.6. The van der Waals surface area contributed by atoms with Crippen LogP contribution in [0.3, 0.4) is 0 Å². The van der Waals surface area contributed by atoms with E-state index >= 15 is 0 Å². The molecule has 0 aliphatic rings. The summed E-state index contributed by atoms with van der Waals surface area (Å²) >= 11 is 0.988. The number of ether oxygens (including phenoxy) is 1. The Hall–Kier alpha value is -3.01. The predicted octanol–water partition coefficient (Wildman–Crippen LogP) is 7.36. The molecule has 0 spiro atoms. The summed E-state index contributed by atoms with van der Waals surface area (Å²) in [7, 11) is 0. The normalized spacial score (nSPS) is 11.5. The average Bonchev–Trinajstić information content (AvgIpc) is 3.22. The lowest BCUT2D eigenvalue weighted by atomic mass is 10.1. The quantitative estimate of drug-likeness (QED) is 0.248. The maximum Gasteiger partial charge on any atom is 0.420 e. The van der Waals surface area contributed by atoms with Crippen molar-refractivity contribution in [3.8, 4) is 17.0 Å². The number of hydrogen-bond acceptors (Lipinski definition) is 4. The summed E-state index contributed by atoms with van der Waals surface area (Å²) in [4.78, 5) is 17.6. The van der Waals surface area contributed by atoms with Crippen molar-refractivity contribution >= 4 is 28.1 Å². The molecular formula is C23H21F5N2O2S. The molecule has 0 atom stereocenters. The van der Waals surface area contributed by atoms with Gasteiger partial charge in [-0.2, -0.15) is 13.2 Å². The Morgan fingerprint density at radius 3 is 2.48 bits per heavy atom. The molecule has 4 nitrogen and oxygen atoms in total. The van der Waals surface area contributed by atoms with Gasteiger partial charge >= 0.3 is 6.18 Å². The van der Waals surface area contributed by atoms with Crippen LogP contribution in [0.5, 0.6) is 5.75 Å². The monoisotopic (exact) mass is 484 g/mol. The Bertz CT molecular complexity index is 1130. The molecule has 3 rings (SSSR count). The van der Waals surface area contributed by atoms with E-state index in [1.807, 2.05) is 6.92 Å². The van der Waals surface area contributed by atoms with Crippen molar-refractivity contribution in [2.75, 3.05) is 11.5 Å². The van der Waals surface area contributed by atoms with Crippen LogP contribution in [0.4, 0.5) is 32.8 Å². The second-order valence-corrected chi connectivity index (χ2v) is 8.07. The molecule has 1 amide bonds. The third kappa shape index (κ3) is 5.87. The predicted molar refractivity (Wildman–Crippen MR) is 117 cm³/mol. The highest BCUT2D eigenvalue weighted by Gasteiger charge is 2.35. The third-order valence-electron chi connectivity index (χ3n) is 4.75. The molecular weight excluding hydrogens is 463 g/mol. The smallest absolute Gasteiger partial charge is 0.420 e. The Labute approximate surface area is 191 Å². The summed E-state index contributed by atoms with van der Waals surface area (Å²) in [5.74, 6) is -2.95. The van der Waals surface area contributed by atoms with Crippen LogP contribution in [0.2, 0.25) is 0 Å². The van der Waals surface area contributed by atoms with Gasteiger partial charge in [-0.3, -0.25) is 9.69 Å². The molecule has 0 N–H and O–H groups in total. The number of alkyl halides is 3. The number of halogens is 5. The number of hydrogen-bond donors (Lipinski definition) is 0. The van der Waals surface area contributed by atoms with E-state index < -0.39 is 29.3 Å². The number of unbranched alkanes of at least 4 members (excludes halogenated alkanes) is 2. The maximum atomic E-state index is 13.7. The van der Waals surface area contributed by atoms with E-state index in [2.05, 4.69) is 4.98 Å². The lowest BCUT2D eigenvalue weighted by molar-refractivity contribution is -0.139. The number of nitrogens with zero attached hydrogens (tertiary/aromatic N) is 2. The Morgan fingerprint density at radius 1 is 1.09 bits per heavy atom. The fourth-order valence-electron chi connectivity index (χ4n) is 3.12. The molecule has 0 saturated carbocycles. The minimum atomic E-state index is -4.70. The molecule has 0 bridgehead atoms. The SMILES string of the molecule is CCCCCOc1ccc(N(C(C)=O)c2nc(-c3ccc(F)c(F)c3)cs2)cc1C(F)(F)F. The van der Waals surface area contributed by atoms with Crippen LogP contribution < -0.4 is 9.64 Å². The summed E-state index contributed by atoms with van der Waals surface area (Å²) in [5.41, 5.74) is -0.513. The minimum absolute atomic E-state index is 0.0399. The van der Waals surface area contributed by atoms with E-state index in [-0.39, 0.29) is 34.4 Å². The van der Waals surface area contributed by atoms with Crippen LogP contribution in [0.25, 0.3) is 11.3 Å². The summed E-state index contributed by atoms with van der Waals surface area (Å²) in [6, 6.07) is 6.60. The first-order valence-electron chi connectivity index (χ1n) is 10.2. The van der Waals surface area contributed by atoms with Crippen molar-refractivity contribution in [1.82, 2.24) is 4.98 Å². The van der Waals surface area contributed by atoms with Gasteiger partial charge in [0, 0.05) is 17.9 Å².